The first-order chi connectivity index (χ1) is 13.0. The maximum absolute atomic E-state index is 14.2. The van der Waals surface area contributed by atoms with Gasteiger partial charge < -0.3 is 14.4 Å². The van der Waals surface area contributed by atoms with Crippen molar-refractivity contribution in [2.45, 2.75) is 44.4 Å². The number of ether oxygens (including phenoxy) is 1. The van der Waals surface area contributed by atoms with Crippen LogP contribution < -0.4 is 0 Å². The lowest BCUT2D eigenvalue weighted by Gasteiger charge is -2.43. The Kier molecular flexibility index (Phi) is 5.24. The van der Waals surface area contributed by atoms with Gasteiger partial charge in [0.05, 0.1) is 17.5 Å². The van der Waals surface area contributed by atoms with Crippen molar-refractivity contribution in [3.05, 3.63) is 41.7 Å². The zero-order valence-corrected chi connectivity index (χ0v) is 15.5. The molecule has 0 saturated heterocycles. The molecule has 0 bridgehead atoms. The Bertz CT molecular complexity index is 865. The zero-order chi connectivity index (χ0) is 20.9. The van der Waals surface area contributed by atoms with E-state index in [9.17, 15) is 27.1 Å². The van der Waals surface area contributed by atoms with Crippen LogP contribution in [-0.2, 0) is 11.3 Å². The lowest BCUT2D eigenvalue weighted by Crippen LogP contribution is -2.61. The average Bonchev–Trinajstić information content (AvgIpc) is 2.98. The fourth-order valence-corrected chi connectivity index (χ4v) is 3.62. The summed E-state index contributed by atoms with van der Waals surface area (Å²) in [5, 5.41) is 10.0. The summed E-state index contributed by atoms with van der Waals surface area (Å²) in [6, 6.07) is 2.73. The summed E-state index contributed by atoms with van der Waals surface area (Å²) in [5.41, 5.74) is -2.47. The minimum absolute atomic E-state index is 0.00485. The minimum atomic E-state index is -4.89. The molecule has 2 aromatic rings. The fourth-order valence-electron chi connectivity index (χ4n) is 3.62. The molecule has 0 saturated carbocycles. The van der Waals surface area contributed by atoms with Gasteiger partial charge in [0.2, 0.25) is 0 Å². The summed E-state index contributed by atoms with van der Waals surface area (Å²) < 4.78 is 73.9. The van der Waals surface area contributed by atoms with Crippen LogP contribution in [0.15, 0.2) is 24.4 Å². The van der Waals surface area contributed by atoms with E-state index < -0.39 is 35.7 Å². The number of alkyl halides is 3. The van der Waals surface area contributed by atoms with E-state index in [1.165, 1.54) is 17.2 Å². The van der Waals surface area contributed by atoms with Gasteiger partial charge in [0, 0.05) is 32.3 Å². The predicted octanol–water partition coefficient (Wildman–Crippen LogP) is 3.49. The topological polar surface area (TPSA) is 50.5 Å². The van der Waals surface area contributed by atoms with E-state index in [-0.39, 0.29) is 24.5 Å². The molecule has 5 nitrogen and oxygen atoms in total. The first-order valence-corrected chi connectivity index (χ1v) is 8.54. The van der Waals surface area contributed by atoms with Gasteiger partial charge in [-0.2, -0.15) is 13.2 Å². The molecular formula is C18H20F5N3O2. The van der Waals surface area contributed by atoms with E-state index >= 15 is 0 Å². The van der Waals surface area contributed by atoms with Gasteiger partial charge >= 0.3 is 6.18 Å². The lowest BCUT2D eigenvalue weighted by atomic mass is 10.0. The van der Waals surface area contributed by atoms with Gasteiger partial charge in [0.1, 0.15) is 23.7 Å². The summed E-state index contributed by atoms with van der Waals surface area (Å²) in [7, 11) is 1.10. The molecule has 0 aliphatic carbocycles. The third kappa shape index (κ3) is 3.40. The largest absolute Gasteiger partial charge is 0.420 e. The quantitative estimate of drug-likeness (QED) is 0.792. The number of halogens is 5. The third-order valence-corrected chi connectivity index (χ3v) is 4.96. The Labute approximate surface area is 158 Å². The van der Waals surface area contributed by atoms with Gasteiger partial charge in [-0.1, -0.05) is 0 Å². The Balaban J connectivity index is 1.96. The van der Waals surface area contributed by atoms with Crippen molar-refractivity contribution in [3.63, 3.8) is 0 Å². The van der Waals surface area contributed by atoms with Crippen molar-refractivity contribution in [2.75, 3.05) is 13.7 Å². The van der Waals surface area contributed by atoms with Crippen LogP contribution in [-0.4, -0.2) is 51.2 Å². The Hall–Kier alpha value is -2.04. The number of hydrogen-bond acceptors (Lipinski definition) is 4. The molecule has 0 radical (unpaired) electrons. The van der Waals surface area contributed by atoms with Crippen molar-refractivity contribution in [2.24, 2.45) is 0 Å². The molecule has 154 valence electrons. The summed E-state index contributed by atoms with van der Waals surface area (Å²) in [6.07, 6.45) is -5.10. The number of benzene rings is 1. The Morgan fingerprint density at radius 2 is 1.96 bits per heavy atom. The first kappa shape index (κ1) is 20.7. The summed E-state index contributed by atoms with van der Waals surface area (Å²) in [5.74, 6) is -1.24. The third-order valence-electron chi connectivity index (χ3n) is 4.96. The fraction of sp³-hybridized carbons (Fsp3) is 0.500. The monoisotopic (exact) mass is 405 g/mol. The van der Waals surface area contributed by atoms with Gasteiger partial charge in [0.25, 0.3) is 0 Å². The molecule has 1 aromatic carbocycles. The number of rotatable bonds is 4. The number of imidazole rings is 1. The van der Waals surface area contributed by atoms with Crippen molar-refractivity contribution in [1.82, 2.24) is 14.5 Å². The molecule has 0 amide bonds. The summed E-state index contributed by atoms with van der Waals surface area (Å²) >= 11 is 0. The van der Waals surface area contributed by atoms with Crippen LogP contribution in [0.1, 0.15) is 25.6 Å². The summed E-state index contributed by atoms with van der Waals surface area (Å²) in [6.45, 7) is 2.50. The number of fused-ring (bicyclic) bond motifs is 1. The molecule has 3 atom stereocenters. The molecule has 10 heteroatoms. The molecule has 28 heavy (non-hydrogen) atoms. The van der Waals surface area contributed by atoms with E-state index in [0.29, 0.717) is 12.6 Å². The molecule has 0 spiro atoms. The van der Waals surface area contributed by atoms with Crippen molar-refractivity contribution in [1.29, 1.82) is 0 Å². The molecular weight excluding hydrogens is 385 g/mol. The molecule has 1 unspecified atom stereocenters. The van der Waals surface area contributed by atoms with Gasteiger partial charge in [-0.25, -0.2) is 13.8 Å². The SMILES string of the molecule is COC(N1Cc2cnc(-c3ccc(F)cc3F)n2[C@@H](C)C1)[C@@](C)(O)C(F)(F)F. The second kappa shape index (κ2) is 7.09. The number of aromatic nitrogens is 2. The lowest BCUT2D eigenvalue weighted by molar-refractivity contribution is -0.311. The second-order valence-corrected chi connectivity index (χ2v) is 7.08. The van der Waals surface area contributed by atoms with Gasteiger partial charge in [-0.3, -0.25) is 4.90 Å². The Morgan fingerprint density at radius 3 is 2.54 bits per heavy atom. The number of nitrogens with zero attached hydrogens (tertiary/aromatic N) is 3. The number of hydrogen-bond donors (Lipinski definition) is 1. The Morgan fingerprint density at radius 1 is 1.29 bits per heavy atom. The van der Waals surface area contributed by atoms with Crippen LogP contribution in [0, 0.1) is 11.6 Å². The van der Waals surface area contributed by atoms with Gasteiger partial charge in [0.15, 0.2) is 5.60 Å². The highest BCUT2D eigenvalue weighted by atomic mass is 19.4. The van der Waals surface area contributed by atoms with Crippen molar-refractivity contribution >= 4 is 0 Å². The normalized spacial score (nSPS) is 21.2. The highest BCUT2D eigenvalue weighted by Gasteiger charge is 2.57. The van der Waals surface area contributed by atoms with E-state index in [1.54, 1.807) is 11.5 Å². The average molecular weight is 405 g/mol. The molecule has 2 heterocycles. The zero-order valence-electron chi connectivity index (χ0n) is 15.5. The predicted molar refractivity (Wildman–Crippen MR) is 90.2 cm³/mol. The standard InChI is InChI=1S/C18H20F5N3O2/c1-10-8-25(16(28-3)17(2,27)18(21,22)23)9-12-7-24-15(26(10)12)13-5-4-11(19)6-14(13)20/h4-7,10,16,27H,8-9H2,1-3H3/t10-,16?,17+/m0/s1. The molecule has 3 rings (SSSR count). The van der Waals surface area contributed by atoms with E-state index in [0.717, 1.165) is 19.2 Å². The van der Waals surface area contributed by atoms with Gasteiger partial charge in [-0.05, 0) is 26.0 Å². The molecule has 1 aliphatic heterocycles. The first-order valence-electron chi connectivity index (χ1n) is 8.54. The number of aliphatic hydroxyl groups is 1. The molecule has 1 N–H and O–H groups in total. The summed E-state index contributed by atoms with van der Waals surface area (Å²) in [4.78, 5) is 5.55. The van der Waals surface area contributed by atoms with Crippen LogP contribution in [0.4, 0.5) is 22.0 Å². The maximum Gasteiger partial charge on any atom is 0.420 e. The van der Waals surface area contributed by atoms with E-state index in [2.05, 4.69) is 4.98 Å². The van der Waals surface area contributed by atoms with Gasteiger partial charge in [-0.15, -0.1) is 0 Å². The van der Waals surface area contributed by atoms with Crippen molar-refractivity contribution < 1.29 is 31.8 Å². The highest BCUT2D eigenvalue weighted by molar-refractivity contribution is 5.57. The van der Waals surface area contributed by atoms with Crippen LogP contribution in [0.5, 0.6) is 0 Å². The van der Waals surface area contributed by atoms with Crippen LogP contribution >= 0.6 is 0 Å². The molecule has 0 fully saturated rings. The smallest absolute Gasteiger partial charge is 0.378 e. The van der Waals surface area contributed by atoms with Crippen LogP contribution in [0.2, 0.25) is 0 Å². The molecule has 1 aromatic heterocycles. The van der Waals surface area contributed by atoms with E-state index in [4.69, 9.17) is 4.74 Å². The second-order valence-electron chi connectivity index (χ2n) is 7.08. The number of methoxy groups -OCH3 is 1. The van der Waals surface area contributed by atoms with Crippen molar-refractivity contribution in [3.8, 4) is 11.4 Å². The highest BCUT2D eigenvalue weighted by Crippen LogP contribution is 2.38. The van der Waals surface area contributed by atoms with Crippen LogP contribution in [0.25, 0.3) is 11.4 Å². The van der Waals surface area contributed by atoms with E-state index in [1.807, 2.05) is 0 Å². The van der Waals surface area contributed by atoms with Crippen LogP contribution in [0.3, 0.4) is 0 Å². The minimum Gasteiger partial charge on any atom is -0.378 e. The maximum atomic E-state index is 14.2. The molecule has 1 aliphatic rings.